The lowest BCUT2D eigenvalue weighted by Gasteiger charge is -2.37. The second-order valence-corrected chi connectivity index (χ2v) is 5.61. The lowest BCUT2D eigenvalue weighted by atomic mass is 10.0. The molecule has 1 aromatic rings. The van der Waals surface area contributed by atoms with Crippen molar-refractivity contribution < 1.29 is 23.4 Å². The molecule has 0 unspecified atom stereocenters. The van der Waals surface area contributed by atoms with Crippen LogP contribution >= 0.6 is 0 Å². The van der Waals surface area contributed by atoms with E-state index < -0.39 is 11.6 Å². The van der Waals surface area contributed by atoms with Crippen LogP contribution in [-0.2, 0) is 9.47 Å². The molecule has 6 nitrogen and oxygen atoms in total. The van der Waals surface area contributed by atoms with E-state index in [2.05, 4.69) is 5.32 Å². The van der Waals surface area contributed by atoms with Gasteiger partial charge in [-0.15, -0.1) is 0 Å². The molecule has 0 aromatic heterocycles. The molecule has 0 radical (unpaired) electrons. The zero-order valence-corrected chi connectivity index (χ0v) is 12.9. The lowest BCUT2D eigenvalue weighted by Crippen LogP contribution is -2.50. The molecule has 2 fully saturated rings. The van der Waals surface area contributed by atoms with Crippen LogP contribution in [0, 0.1) is 5.82 Å². The van der Waals surface area contributed by atoms with Crippen molar-refractivity contribution in [2.75, 3.05) is 39.5 Å². The Morgan fingerprint density at radius 1 is 1.26 bits per heavy atom. The highest BCUT2D eigenvalue weighted by atomic mass is 19.1. The summed E-state index contributed by atoms with van der Waals surface area (Å²) in [6.45, 7) is 2.98. The largest absolute Gasteiger partial charge is 0.489 e. The third-order valence-electron chi connectivity index (χ3n) is 4.10. The SMILES string of the molecule is O=C(NCCOc1ccccc1F)N1CCC2(CC1)OCCO2. The zero-order chi connectivity index (χ0) is 16.1. The molecule has 1 aromatic carbocycles. The average molecular weight is 324 g/mol. The third-order valence-corrected chi connectivity index (χ3v) is 4.10. The number of halogens is 1. The van der Waals surface area contributed by atoms with E-state index in [-0.39, 0.29) is 18.4 Å². The van der Waals surface area contributed by atoms with E-state index in [1.807, 2.05) is 0 Å². The van der Waals surface area contributed by atoms with Crippen molar-refractivity contribution in [3.63, 3.8) is 0 Å². The number of carbonyl (C=O) groups is 1. The summed E-state index contributed by atoms with van der Waals surface area (Å²) in [5.74, 6) is -0.695. The van der Waals surface area contributed by atoms with Crippen molar-refractivity contribution in [3.8, 4) is 5.75 Å². The van der Waals surface area contributed by atoms with E-state index in [4.69, 9.17) is 14.2 Å². The minimum Gasteiger partial charge on any atom is -0.489 e. The fourth-order valence-corrected chi connectivity index (χ4v) is 2.83. The van der Waals surface area contributed by atoms with Crippen molar-refractivity contribution in [1.82, 2.24) is 10.2 Å². The molecule has 1 N–H and O–H groups in total. The minimum atomic E-state index is -0.481. The van der Waals surface area contributed by atoms with Crippen molar-refractivity contribution in [2.24, 2.45) is 0 Å². The molecule has 2 aliphatic rings. The molecule has 2 saturated heterocycles. The minimum absolute atomic E-state index is 0.144. The van der Waals surface area contributed by atoms with Crippen LogP contribution in [0.25, 0.3) is 0 Å². The van der Waals surface area contributed by atoms with Gasteiger partial charge in [0.1, 0.15) is 6.61 Å². The molecule has 2 amide bonds. The zero-order valence-electron chi connectivity index (χ0n) is 12.9. The molecule has 0 aliphatic carbocycles. The van der Waals surface area contributed by atoms with E-state index in [0.717, 1.165) is 0 Å². The summed E-state index contributed by atoms with van der Waals surface area (Å²) in [5, 5.41) is 2.78. The monoisotopic (exact) mass is 324 g/mol. The smallest absolute Gasteiger partial charge is 0.317 e. The Balaban J connectivity index is 1.36. The van der Waals surface area contributed by atoms with Crippen LogP contribution in [-0.4, -0.2) is 56.2 Å². The second kappa shape index (κ2) is 7.14. The van der Waals surface area contributed by atoms with Gasteiger partial charge in [0.25, 0.3) is 0 Å². The molecule has 23 heavy (non-hydrogen) atoms. The molecule has 126 valence electrons. The third kappa shape index (κ3) is 3.92. The summed E-state index contributed by atoms with van der Waals surface area (Å²) in [6.07, 6.45) is 1.37. The van der Waals surface area contributed by atoms with Crippen molar-refractivity contribution in [3.05, 3.63) is 30.1 Å². The first kappa shape index (κ1) is 16.0. The maximum absolute atomic E-state index is 13.4. The number of nitrogens with one attached hydrogen (secondary N) is 1. The Morgan fingerprint density at radius 3 is 2.65 bits per heavy atom. The maximum atomic E-state index is 13.4. The Labute approximate surface area is 134 Å². The van der Waals surface area contributed by atoms with Crippen LogP contribution < -0.4 is 10.1 Å². The van der Waals surface area contributed by atoms with Crippen LogP contribution in [0.2, 0.25) is 0 Å². The van der Waals surface area contributed by atoms with Gasteiger partial charge in [-0.1, -0.05) is 12.1 Å². The fraction of sp³-hybridized carbons (Fsp3) is 0.562. The normalized spacial score (nSPS) is 19.8. The maximum Gasteiger partial charge on any atom is 0.317 e. The predicted molar refractivity (Wildman–Crippen MR) is 80.7 cm³/mol. The molecule has 0 bridgehead atoms. The molecular weight excluding hydrogens is 303 g/mol. The average Bonchev–Trinajstić information content (AvgIpc) is 3.02. The first-order valence-corrected chi connectivity index (χ1v) is 7.87. The molecule has 0 saturated carbocycles. The van der Waals surface area contributed by atoms with Gasteiger partial charge in [-0.2, -0.15) is 0 Å². The van der Waals surface area contributed by atoms with Crippen LogP contribution in [0.1, 0.15) is 12.8 Å². The summed E-state index contributed by atoms with van der Waals surface area (Å²) in [4.78, 5) is 13.8. The summed E-state index contributed by atoms with van der Waals surface area (Å²) in [6, 6.07) is 6.06. The van der Waals surface area contributed by atoms with Crippen molar-refractivity contribution >= 4 is 6.03 Å². The molecule has 0 atom stereocenters. The first-order valence-electron chi connectivity index (χ1n) is 7.87. The van der Waals surface area contributed by atoms with E-state index in [1.165, 1.54) is 6.07 Å². The van der Waals surface area contributed by atoms with E-state index in [9.17, 15) is 9.18 Å². The number of amides is 2. The van der Waals surface area contributed by atoms with Gasteiger partial charge in [-0.3, -0.25) is 0 Å². The van der Waals surface area contributed by atoms with Gasteiger partial charge in [0, 0.05) is 25.9 Å². The van der Waals surface area contributed by atoms with Gasteiger partial charge in [0.05, 0.1) is 19.8 Å². The number of ether oxygens (including phenoxy) is 3. The number of urea groups is 1. The number of rotatable bonds is 4. The van der Waals surface area contributed by atoms with E-state index >= 15 is 0 Å². The van der Waals surface area contributed by atoms with Gasteiger partial charge in [-0.05, 0) is 12.1 Å². The molecular formula is C16H21FN2O4. The van der Waals surface area contributed by atoms with Gasteiger partial charge >= 0.3 is 6.03 Å². The number of hydrogen-bond donors (Lipinski definition) is 1. The standard InChI is InChI=1S/C16H21FN2O4/c17-13-3-1-2-4-14(13)21-10-7-18-15(20)19-8-5-16(6-9-19)22-11-12-23-16/h1-4H,5-12H2,(H,18,20). The first-order chi connectivity index (χ1) is 11.2. The lowest BCUT2D eigenvalue weighted by molar-refractivity contribution is -0.181. The Kier molecular flexibility index (Phi) is 4.97. The van der Waals surface area contributed by atoms with Crippen LogP contribution in [0.15, 0.2) is 24.3 Å². The summed E-state index contributed by atoms with van der Waals surface area (Å²) >= 11 is 0. The quantitative estimate of drug-likeness (QED) is 0.857. The van der Waals surface area contributed by atoms with Crippen molar-refractivity contribution in [2.45, 2.75) is 18.6 Å². The number of para-hydroxylation sites is 1. The molecule has 3 rings (SSSR count). The van der Waals surface area contributed by atoms with Gasteiger partial charge in [0.2, 0.25) is 0 Å². The highest BCUT2D eigenvalue weighted by molar-refractivity contribution is 5.74. The molecule has 1 spiro atoms. The summed E-state index contributed by atoms with van der Waals surface area (Å²) < 4.78 is 29.9. The van der Waals surface area contributed by atoms with E-state index in [0.29, 0.717) is 45.7 Å². The second-order valence-electron chi connectivity index (χ2n) is 5.61. The Hall–Kier alpha value is -1.86. The van der Waals surface area contributed by atoms with E-state index in [1.54, 1.807) is 23.1 Å². The highest BCUT2D eigenvalue weighted by Gasteiger charge is 2.40. The molecule has 2 heterocycles. The van der Waals surface area contributed by atoms with Gasteiger partial charge in [-0.25, -0.2) is 9.18 Å². The molecule has 7 heteroatoms. The Bertz CT molecular complexity index is 539. The number of carbonyl (C=O) groups excluding carboxylic acids is 1. The van der Waals surface area contributed by atoms with Crippen LogP contribution in [0.4, 0.5) is 9.18 Å². The molecule has 2 aliphatic heterocycles. The summed E-state index contributed by atoms with van der Waals surface area (Å²) in [7, 11) is 0. The van der Waals surface area contributed by atoms with Crippen LogP contribution in [0.3, 0.4) is 0 Å². The van der Waals surface area contributed by atoms with Gasteiger partial charge in [0.15, 0.2) is 17.4 Å². The number of hydrogen-bond acceptors (Lipinski definition) is 4. The van der Waals surface area contributed by atoms with Crippen LogP contribution in [0.5, 0.6) is 5.75 Å². The number of benzene rings is 1. The number of piperidine rings is 1. The predicted octanol–water partition coefficient (Wildman–Crippen LogP) is 1.75. The Morgan fingerprint density at radius 2 is 1.96 bits per heavy atom. The number of likely N-dealkylation sites (tertiary alicyclic amines) is 1. The van der Waals surface area contributed by atoms with Crippen molar-refractivity contribution in [1.29, 1.82) is 0 Å². The summed E-state index contributed by atoms with van der Waals surface area (Å²) in [5.41, 5.74) is 0. The fourth-order valence-electron chi connectivity index (χ4n) is 2.83. The number of nitrogens with zero attached hydrogens (tertiary/aromatic N) is 1. The topological polar surface area (TPSA) is 60.0 Å². The van der Waals surface area contributed by atoms with Gasteiger partial charge < -0.3 is 24.4 Å². The highest BCUT2D eigenvalue weighted by Crippen LogP contribution is 2.31.